The van der Waals surface area contributed by atoms with E-state index in [1.165, 1.54) is 6.26 Å². The lowest BCUT2D eigenvalue weighted by Crippen LogP contribution is -2.02. The Morgan fingerprint density at radius 1 is 1.21 bits per heavy atom. The first kappa shape index (κ1) is 13.6. The van der Waals surface area contributed by atoms with E-state index in [0.717, 1.165) is 22.7 Å². The lowest BCUT2D eigenvalue weighted by atomic mass is 10.2. The molecular formula is C13H16N2O3S. The van der Waals surface area contributed by atoms with Gasteiger partial charge in [0.25, 0.3) is 0 Å². The Labute approximate surface area is 112 Å². The maximum atomic E-state index is 11.3. The van der Waals surface area contributed by atoms with Gasteiger partial charge >= 0.3 is 0 Å². The Kier molecular flexibility index (Phi) is 3.61. The minimum Gasteiger partial charge on any atom is -0.381 e. The van der Waals surface area contributed by atoms with Crippen LogP contribution in [0.25, 0.3) is 0 Å². The summed E-state index contributed by atoms with van der Waals surface area (Å²) in [6.07, 6.45) is 1.19. The third-order valence-electron chi connectivity index (χ3n) is 2.93. The summed E-state index contributed by atoms with van der Waals surface area (Å²) < 4.78 is 27.8. The molecule has 0 amide bonds. The SMILES string of the molecule is Cc1noc(C)c1CNc1ccc(S(C)(=O)=O)cc1. The van der Waals surface area contributed by atoms with Gasteiger partial charge in [0.2, 0.25) is 0 Å². The standard InChI is InChI=1S/C13H16N2O3S/c1-9-13(10(2)18-15-9)8-14-11-4-6-12(7-5-11)19(3,16)17/h4-7,14H,8H2,1-3H3. The van der Waals surface area contributed by atoms with Crippen molar-refractivity contribution in [3.63, 3.8) is 0 Å². The summed E-state index contributed by atoms with van der Waals surface area (Å²) >= 11 is 0. The second kappa shape index (κ2) is 5.05. The Bertz CT molecular complexity index is 653. The van der Waals surface area contributed by atoms with Crippen molar-refractivity contribution in [2.75, 3.05) is 11.6 Å². The lowest BCUT2D eigenvalue weighted by Gasteiger charge is -2.06. The zero-order valence-corrected chi connectivity index (χ0v) is 11.9. The fourth-order valence-electron chi connectivity index (χ4n) is 1.76. The summed E-state index contributed by atoms with van der Waals surface area (Å²) in [5.41, 5.74) is 2.73. The van der Waals surface area contributed by atoms with Gasteiger partial charge in [-0.15, -0.1) is 0 Å². The van der Waals surface area contributed by atoms with Crippen LogP contribution in [-0.2, 0) is 16.4 Å². The molecule has 2 rings (SSSR count). The first-order valence-corrected chi connectivity index (χ1v) is 7.73. The van der Waals surface area contributed by atoms with E-state index < -0.39 is 9.84 Å². The van der Waals surface area contributed by atoms with Crippen LogP contribution in [0.1, 0.15) is 17.0 Å². The summed E-state index contributed by atoms with van der Waals surface area (Å²) in [6.45, 7) is 4.35. The number of benzene rings is 1. The van der Waals surface area contributed by atoms with Crippen molar-refractivity contribution < 1.29 is 12.9 Å². The van der Waals surface area contributed by atoms with Gasteiger partial charge in [-0.05, 0) is 38.1 Å². The van der Waals surface area contributed by atoms with Gasteiger partial charge in [0.05, 0.1) is 10.6 Å². The first-order valence-electron chi connectivity index (χ1n) is 5.83. The molecular weight excluding hydrogens is 264 g/mol. The topological polar surface area (TPSA) is 72.2 Å². The number of nitrogens with zero attached hydrogens (tertiary/aromatic N) is 1. The van der Waals surface area contributed by atoms with Gasteiger partial charge < -0.3 is 9.84 Å². The number of rotatable bonds is 4. The maximum absolute atomic E-state index is 11.3. The number of anilines is 1. The van der Waals surface area contributed by atoms with Gasteiger partial charge in [-0.2, -0.15) is 0 Å². The molecule has 0 atom stereocenters. The molecule has 6 heteroatoms. The molecule has 0 spiro atoms. The molecule has 1 N–H and O–H groups in total. The maximum Gasteiger partial charge on any atom is 0.175 e. The molecule has 1 aromatic heterocycles. The highest BCUT2D eigenvalue weighted by molar-refractivity contribution is 7.90. The number of nitrogens with one attached hydrogen (secondary N) is 1. The average Bonchev–Trinajstić information content (AvgIpc) is 2.66. The van der Waals surface area contributed by atoms with Crippen molar-refractivity contribution in [1.29, 1.82) is 0 Å². The van der Waals surface area contributed by atoms with Crippen molar-refractivity contribution in [3.8, 4) is 0 Å². The van der Waals surface area contributed by atoms with Gasteiger partial charge in [0, 0.05) is 24.1 Å². The van der Waals surface area contributed by atoms with Gasteiger partial charge in [-0.3, -0.25) is 0 Å². The number of sulfone groups is 1. The van der Waals surface area contributed by atoms with Crippen LogP contribution in [0.2, 0.25) is 0 Å². The summed E-state index contributed by atoms with van der Waals surface area (Å²) in [5, 5.41) is 7.09. The third kappa shape index (κ3) is 3.14. The minimum atomic E-state index is -3.14. The highest BCUT2D eigenvalue weighted by atomic mass is 32.2. The zero-order valence-electron chi connectivity index (χ0n) is 11.1. The van der Waals surface area contributed by atoms with Crippen LogP contribution in [0.3, 0.4) is 0 Å². The molecule has 0 radical (unpaired) electrons. The molecule has 1 heterocycles. The normalized spacial score (nSPS) is 11.5. The van der Waals surface area contributed by atoms with E-state index in [2.05, 4.69) is 10.5 Å². The lowest BCUT2D eigenvalue weighted by molar-refractivity contribution is 0.392. The van der Waals surface area contributed by atoms with Crippen LogP contribution >= 0.6 is 0 Å². The van der Waals surface area contributed by atoms with Crippen LogP contribution in [0.15, 0.2) is 33.7 Å². The quantitative estimate of drug-likeness (QED) is 0.930. The molecule has 0 fully saturated rings. The summed E-state index contributed by atoms with van der Waals surface area (Å²) in [5.74, 6) is 0.790. The zero-order chi connectivity index (χ0) is 14.0. The van der Waals surface area contributed by atoms with Crippen molar-refractivity contribution >= 4 is 15.5 Å². The second-order valence-electron chi connectivity index (χ2n) is 4.45. The number of aromatic nitrogens is 1. The largest absolute Gasteiger partial charge is 0.381 e. The fourth-order valence-corrected chi connectivity index (χ4v) is 2.40. The van der Waals surface area contributed by atoms with E-state index in [4.69, 9.17) is 4.52 Å². The fraction of sp³-hybridized carbons (Fsp3) is 0.308. The second-order valence-corrected chi connectivity index (χ2v) is 6.47. The monoisotopic (exact) mass is 280 g/mol. The highest BCUT2D eigenvalue weighted by Crippen LogP contribution is 2.17. The average molecular weight is 280 g/mol. The molecule has 19 heavy (non-hydrogen) atoms. The Balaban J connectivity index is 2.09. The van der Waals surface area contributed by atoms with Gasteiger partial charge in [-0.1, -0.05) is 5.16 Å². The predicted molar refractivity (Wildman–Crippen MR) is 72.9 cm³/mol. The van der Waals surface area contributed by atoms with E-state index in [-0.39, 0.29) is 0 Å². The van der Waals surface area contributed by atoms with Crippen LogP contribution in [0, 0.1) is 13.8 Å². The third-order valence-corrected chi connectivity index (χ3v) is 4.06. The Morgan fingerprint density at radius 3 is 2.32 bits per heavy atom. The van der Waals surface area contributed by atoms with Crippen LogP contribution < -0.4 is 5.32 Å². The molecule has 102 valence electrons. The smallest absolute Gasteiger partial charge is 0.175 e. The van der Waals surface area contributed by atoms with Crippen LogP contribution in [0.5, 0.6) is 0 Å². The first-order chi connectivity index (χ1) is 8.88. The molecule has 2 aromatic rings. The Morgan fingerprint density at radius 2 is 1.84 bits per heavy atom. The van der Waals surface area contributed by atoms with Gasteiger partial charge in [0.1, 0.15) is 5.76 Å². The Hall–Kier alpha value is -1.82. The summed E-state index contributed by atoms with van der Waals surface area (Å²) in [7, 11) is -3.14. The van der Waals surface area contributed by atoms with Crippen molar-refractivity contribution in [1.82, 2.24) is 5.16 Å². The van der Waals surface area contributed by atoms with Gasteiger partial charge in [-0.25, -0.2) is 8.42 Å². The van der Waals surface area contributed by atoms with E-state index >= 15 is 0 Å². The minimum absolute atomic E-state index is 0.315. The molecule has 0 bridgehead atoms. The van der Waals surface area contributed by atoms with E-state index in [0.29, 0.717) is 11.4 Å². The highest BCUT2D eigenvalue weighted by Gasteiger charge is 2.09. The molecule has 5 nitrogen and oxygen atoms in total. The van der Waals surface area contributed by atoms with Gasteiger partial charge in [0.15, 0.2) is 9.84 Å². The molecule has 0 saturated carbocycles. The van der Waals surface area contributed by atoms with E-state index in [9.17, 15) is 8.42 Å². The summed E-state index contributed by atoms with van der Waals surface area (Å²) in [4.78, 5) is 0.315. The van der Waals surface area contributed by atoms with Crippen LogP contribution in [-0.4, -0.2) is 19.8 Å². The molecule has 0 saturated heterocycles. The number of aryl methyl sites for hydroxylation is 2. The molecule has 0 aliphatic rings. The molecule has 1 aromatic carbocycles. The molecule has 0 unspecified atom stereocenters. The van der Waals surface area contributed by atoms with Crippen molar-refractivity contribution in [3.05, 3.63) is 41.3 Å². The summed E-state index contributed by atoms with van der Waals surface area (Å²) in [6, 6.07) is 6.67. The number of hydrogen-bond acceptors (Lipinski definition) is 5. The van der Waals surface area contributed by atoms with Crippen molar-refractivity contribution in [2.24, 2.45) is 0 Å². The molecule has 0 aliphatic heterocycles. The van der Waals surface area contributed by atoms with Crippen LogP contribution in [0.4, 0.5) is 5.69 Å². The van der Waals surface area contributed by atoms with Crippen molar-refractivity contribution in [2.45, 2.75) is 25.3 Å². The van der Waals surface area contributed by atoms with E-state index in [1.807, 2.05) is 13.8 Å². The molecule has 0 aliphatic carbocycles. The van der Waals surface area contributed by atoms with E-state index in [1.54, 1.807) is 24.3 Å². The predicted octanol–water partition coefficient (Wildman–Crippen LogP) is 2.31. The number of hydrogen-bond donors (Lipinski definition) is 1.